The van der Waals surface area contributed by atoms with E-state index in [1.165, 1.54) is 167 Å². The van der Waals surface area contributed by atoms with Gasteiger partial charge in [0, 0.05) is 19.3 Å². The van der Waals surface area contributed by atoms with Gasteiger partial charge in [0.15, 0.2) is 0 Å². The van der Waals surface area contributed by atoms with Gasteiger partial charge >= 0.3 is 17.9 Å². The molecule has 7 nitrogen and oxygen atoms in total. The Morgan fingerprint density at radius 2 is 0.508 bits per heavy atom. The van der Waals surface area contributed by atoms with Crippen LogP contribution in [0.2, 0.25) is 0 Å². The molecule has 0 aliphatic rings. The molecule has 0 amide bonds. The van der Waals surface area contributed by atoms with Crippen molar-refractivity contribution in [1.82, 2.24) is 0 Å². The van der Waals surface area contributed by atoms with E-state index in [0.29, 0.717) is 30.3 Å². The van der Waals surface area contributed by atoms with Gasteiger partial charge in [-0.05, 0) is 19.3 Å². The number of esters is 3. The van der Waals surface area contributed by atoms with Gasteiger partial charge in [0.05, 0.1) is 27.7 Å². The second-order valence-corrected chi connectivity index (χ2v) is 19.5. The molecule has 0 aliphatic carbocycles. The molecule has 0 aliphatic heterocycles. The summed E-state index contributed by atoms with van der Waals surface area (Å²) in [5.41, 5.74) is -0.816. The van der Waals surface area contributed by atoms with Crippen LogP contribution in [0, 0.1) is 5.41 Å². The molecule has 0 fully saturated rings. The lowest BCUT2D eigenvalue weighted by atomic mass is 9.89. The smallest absolute Gasteiger partial charge is 0.305 e. The average molecular weight is 837 g/mol. The Kier molecular flexibility index (Phi) is 40.6. The quantitative estimate of drug-likeness (QED) is 0.0263. The first-order valence-corrected chi connectivity index (χ1v) is 25.8. The van der Waals surface area contributed by atoms with E-state index in [4.69, 9.17) is 14.2 Å². The average Bonchev–Trinajstić information content (AvgIpc) is 3.20. The lowest BCUT2D eigenvalue weighted by Crippen LogP contribution is -2.52. The molecule has 0 aromatic carbocycles. The Balaban J connectivity index is 4.91. The maximum atomic E-state index is 13.0. The molecule has 0 bridgehead atoms. The Morgan fingerprint density at radius 1 is 0.322 bits per heavy atom. The molecule has 0 aromatic rings. The monoisotopic (exact) mass is 837 g/mol. The second-order valence-electron chi connectivity index (χ2n) is 19.5. The van der Waals surface area contributed by atoms with E-state index < -0.39 is 5.41 Å². The van der Waals surface area contributed by atoms with E-state index in [2.05, 4.69) is 41.9 Å². The minimum absolute atomic E-state index is 0.0663. The summed E-state index contributed by atoms with van der Waals surface area (Å²) in [6.07, 6.45) is 44.6. The fraction of sp³-hybridized carbons (Fsp3) is 0.942. The fourth-order valence-electron chi connectivity index (χ4n) is 8.34. The molecular formula is C52H102NO6+. The van der Waals surface area contributed by atoms with Crippen molar-refractivity contribution in [3.63, 3.8) is 0 Å². The van der Waals surface area contributed by atoms with Crippen molar-refractivity contribution in [3.8, 4) is 0 Å². The van der Waals surface area contributed by atoms with Gasteiger partial charge in [-0.3, -0.25) is 14.4 Å². The Labute approximate surface area is 367 Å². The van der Waals surface area contributed by atoms with E-state index >= 15 is 0 Å². The van der Waals surface area contributed by atoms with Crippen LogP contribution in [0.1, 0.15) is 265 Å². The van der Waals surface area contributed by atoms with Crippen molar-refractivity contribution >= 4 is 17.9 Å². The molecule has 0 rings (SSSR count). The summed E-state index contributed by atoms with van der Waals surface area (Å²) < 4.78 is 18.4. The second kappa shape index (κ2) is 41.7. The highest BCUT2D eigenvalue weighted by Gasteiger charge is 2.41. The van der Waals surface area contributed by atoms with Crippen molar-refractivity contribution in [2.24, 2.45) is 5.41 Å². The maximum Gasteiger partial charge on any atom is 0.305 e. The van der Waals surface area contributed by atoms with Crippen LogP contribution in [-0.4, -0.2) is 69.9 Å². The summed E-state index contributed by atoms with van der Waals surface area (Å²) in [7, 11) is 6.22. The van der Waals surface area contributed by atoms with E-state index in [1.807, 2.05) is 0 Å². The number of quaternary nitrogens is 1. The van der Waals surface area contributed by atoms with E-state index in [9.17, 15) is 14.4 Å². The number of hydrogen-bond donors (Lipinski definition) is 0. The summed E-state index contributed by atoms with van der Waals surface area (Å²) in [5.74, 6) is -0.674. The summed E-state index contributed by atoms with van der Waals surface area (Å²) in [5, 5.41) is 0. The van der Waals surface area contributed by atoms with Crippen LogP contribution in [0.3, 0.4) is 0 Å². The summed E-state index contributed by atoms with van der Waals surface area (Å²) in [6.45, 7) is 7.52. The zero-order valence-electron chi connectivity index (χ0n) is 40.6. The Bertz CT molecular complexity index is 900. The van der Waals surface area contributed by atoms with Crippen molar-refractivity contribution in [2.75, 3.05) is 47.5 Å². The lowest BCUT2D eigenvalue weighted by molar-refractivity contribution is -0.877. The fourth-order valence-corrected chi connectivity index (χ4v) is 8.34. The van der Waals surface area contributed by atoms with Gasteiger partial charge in [0.2, 0.25) is 0 Å². The Hall–Kier alpha value is -1.63. The molecule has 0 aromatic heterocycles. The van der Waals surface area contributed by atoms with E-state index in [1.54, 1.807) is 0 Å². The maximum absolute atomic E-state index is 13.0. The van der Waals surface area contributed by atoms with Crippen LogP contribution in [0.25, 0.3) is 0 Å². The highest BCUT2D eigenvalue weighted by atomic mass is 16.6. The van der Waals surface area contributed by atoms with Crippen LogP contribution < -0.4 is 0 Å². The Morgan fingerprint density at radius 3 is 0.695 bits per heavy atom. The number of nitrogens with zero attached hydrogens (tertiary/aromatic N) is 1. The van der Waals surface area contributed by atoms with Crippen LogP contribution in [0.15, 0.2) is 0 Å². The van der Waals surface area contributed by atoms with Gasteiger partial charge in [-0.25, -0.2) is 0 Å². The molecule has 0 saturated carbocycles. The molecule has 0 unspecified atom stereocenters. The standard InChI is InChI=1S/C52H102NO6/c1-7-10-13-16-19-22-24-26-28-31-34-37-40-43-50(55)58-47-52(45-53(4,5)6,46-57-49(54)42-39-36-33-30-21-18-15-12-9-3)48-59-51(56)44-41-38-35-32-29-27-25-23-20-17-14-11-8-2/h7-48H2,1-6H3/q+1. The molecule has 0 N–H and O–H groups in total. The summed E-state index contributed by atoms with van der Waals surface area (Å²) in [6, 6.07) is 0. The third-order valence-electron chi connectivity index (χ3n) is 11.9. The summed E-state index contributed by atoms with van der Waals surface area (Å²) >= 11 is 0. The molecule has 350 valence electrons. The summed E-state index contributed by atoms with van der Waals surface area (Å²) in [4.78, 5) is 39.1. The predicted molar refractivity (Wildman–Crippen MR) is 251 cm³/mol. The third-order valence-corrected chi connectivity index (χ3v) is 11.9. The minimum atomic E-state index is -0.816. The zero-order chi connectivity index (χ0) is 43.6. The molecule has 0 saturated heterocycles. The lowest BCUT2D eigenvalue weighted by Gasteiger charge is -2.38. The molecular weight excluding hydrogens is 735 g/mol. The SMILES string of the molecule is CCCCCCCCCCCCCCCC(=O)OCC(COC(=O)CCCCCCCCCCC)(COC(=O)CCCCCCCCCCCCCCC)C[N+](C)(C)C. The van der Waals surface area contributed by atoms with Crippen LogP contribution in [0.4, 0.5) is 0 Å². The molecule has 0 radical (unpaired) electrons. The first kappa shape index (κ1) is 57.4. The topological polar surface area (TPSA) is 78.9 Å². The number of hydrogen-bond acceptors (Lipinski definition) is 6. The van der Waals surface area contributed by atoms with Crippen molar-refractivity contribution < 1.29 is 33.1 Å². The molecule has 7 heteroatoms. The number of rotatable bonds is 46. The molecule has 0 atom stereocenters. The van der Waals surface area contributed by atoms with Crippen LogP contribution in [-0.2, 0) is 28.6 Å². The predicted octanol–water partition coefficient (Wildman–Crippen LogP) is 15.2. The van der Waals surface area contributed by atoms with E-state index in [-0.39, 0.29) is 37.7 Å². The number of unbranched alkanes of at least 4 members (excludes halogenated alkanes) is 32. The number of carbonyl (C=O) groups is 3. The van der Waals surface area contributed by atoms with Crippen molar-refractivity contribution in [3.05, 3.63) is 0 Å². The van der Waals surface area contributed by atoms with Gasteiger partial charge in [0.25, 0.3) is 0 Å². The van der Waals surface area contributed by atoms with Gasteiger partial charge < -0.3 is 18.7 Å². The van der Waals surface area contributed by atoms with Crippen LogP contribution >= 0.6 is 0 Å². The van der Waals surface area contributed by atoms with Crippen LogP contribution in [0.5, 0.6) is 0 Å². The van der Waals surface area contributed by atoms with Crippen molar-refractivity contribution in [2.45, 2.75) is 265 Å². The molecule has 59 heavy (non-hydrogen) atoms. The largest absolute Gasteiger partial charge is 0.465 e. The number of carbonyl (C=O) groups excluding carboxylic acids is 3. The molecule has 0 spiro atoms. The first-order chi connectivity index (χ1) is 28.6. The zero-order valence-corrected chi connectivity index (χ0v) is 40.6. The van der Waals surface area contributed by atoms with E-state index in [0.717, 1.165) is 57.8 Å². The highest BCUT2D eigenvalue weighted by molar-refractivity contribution is 5.70. The van der Waals surface area contributed by atoms with Gasteiger partial charge in [0.1, 0.15) is 25.2 Å². The third kappa shape index (κ3) is 41.5. The van der Waals surface area contributed by atoms with Crippen molar-refractivity contribution in [1.29, 1.82) is 0 Å². The molecule has 0 heterocycles. The van der Waals surface area contributed by atoms with Gasteiger partial charge in [-0.1, -0.05) is 226 Å². The van der Waals surface area contributed by atoms with Gasteiger partial charge in [-0.2, -0.15) is 0 Å². The van der Waals surface area contributed by atoms with Gasteiger partial charge in [-0.15, -0.1) is 0 Å². The number of ether oxygens (including phenoxy) is 3. The first-order valence-electron chi connectivity index (χ1n) is 25.8. The minimum Gasteiger partial charge on any atom is -0.465 e. The highest BCUT2D eigenvalue weighted by Crippen LogP contribution is 2.25. The normalized spacial score (nSPS) is 11.9.